The molecule has 0 rings (SSSR count). The Bertz CT molecular complexity index is 102. The lowest BCUT2D eigenvalue weighted by molar-refractivity contribution is -1.63. The largest absolute Gasteiger partial charge is 0.440 e. The van der Waals surface area contributed by atoms with Crippen LogP contribution in [0.5, 0.6) is 0 Å². The maximum Gasteiger partial charge on any atom is 0.440 e. The lowest BCUT2D eigenvalue weighted by atomic mass is 10.2. The van der Waals surface area contributed by atoms with Crippen molar-refractivity contribution in [1.29, 1.82) is 0 Å². The first-order chi connectivity index (χ1) is 5.07. The molecule has 0 saturated heterocycles. The average molecular weight is 232 g/mol. The highest BCUT2D eigenvalue weighted by Crippen LogP contribution is 2.00. The van der Waals surface area contributed by atoms with Crippen molar-refractivity contribution in [2.24, 2.45) is 5.73 Å². The Hall–Kier alpha value is 0.240. The Morgan fingerprint density at radius 1 is 1.45 bits per heavy atom. The SMILES string of the molecule is NCC[C@H](O)C(O)O[Br+2]([O-])[O-]. The monoisotopic (exact) mass is 231 g/mol. The first-order valence-electron chi connectivity index (χ1n) is 2.86. The van der Waals surface area contributed by atoms with Gasteiger partial charge in [-0.2, -0.15) is 0 Å². The van der Waals surface area contributed by atoms with E-state index >= 15 is 0 Å². The van der Waals surface area contributed by atoms with Crippen molar-refractivity contribution in [3.05, 3.63) is 0 Å². The van der Waals surface area contributed by atoms with Gasteiger partial charge in [-0.3, -0.25) is 0 Å². The van der Waals surface area contributed by atoms with Gasteiger partial charge in [-0.1, -0.05) is 0 Å². The molecule has 6 nitrogen and oxygen atoms in total. The maximum atomic E-state index is 9.87. The number of nitrogens with two attached hydrogens (primary N) is 1. The zero-order valence-electron chi connectivity index (χ0n) is 5.64. The second-order valence-corrected chi connectivity index (χ2v) is 2.98. The molecule has 0 aliphatic heterocycles. The van der Waals surface area contributed by atoms with Crippen molar-refractivity contribution in [2.75, 3.05) is 6.54 Å². The molecule has 4 N–H and O–H groups in total. The molecule has 2 atom stereocenters. The fraction of sp³-hybridized carbons (Fsp3) is 1.00. The molecule has 68 valence electrons. The summed E-state index contributed by atoms with van der Waals surface area (Å²) in [5, 5.41) is 17.6. The molecule has 0 aromatic carbocycles. The predicted molar refractivity (Wildman–Crippen MR) is 26.8 cm³/mol. The van der Waals surface area contributed by atoms with E-state index in [0.717, 1.165) is 0 Å². The molecular formula is C4H10BrNO5. The minimum atomic E-state index is -3.47. The highest BCUT2D eigenvalue weighted by molar-refractivity contribution is 4.56. The third-order valence-electron chi connectivity index (χ3n) is 0.956. The van der Waals surface area contributed by atoms with E-state index in [0.29, 0.717) is 0 Å². The van der Waals surface area contributed by atoms with Gasteiger partial charge in [0.05, 0.1) is 0 Å². The van der Waals surface area contributed by atoms with Gasteiger partial charge in [-0.25, -0.2) is 0 Å². The summed E-state index contributed by atoms with van der Waals surface area (Å²) in [5.74, 6) is 0. The number of halogens is 1. The first-order valence-corrected chi connectivity index (χ1v) is 4.81. The average Bonchev–Trinajstić information content (AvgIpc) is 1.86. The van der Waals surface area contributed by atoms with Crippen molar-refractivity contribution in [2.45, 2.75) is 18.8 Å². The lowest BCUT2D eigenvalue weighted by Gasteiger charge is -2.09. The van der Waals surface area contributed by atoms with Crippen LogP contribution >= 0.6 is 0 Å². The normalized spacial score (nSPS) is 16.9. The third kappa shape index (κ3) is 5.50. The van der Waals surface area contributed by atoms with Gasteiger partial charge < -0.3 is 24.3 Å². The van der Waals surface area contributed by atoms with E-state index in [2.05, 4.69) is 3.83 Å². The number of aliphatic hydroxyl groups is 2. The molecule has 0 aromatic rings. The van der Waals surface area contributed by atoms with Crippen molar-refractivity contribution >= 4 is 0 Å². The number of hydrogen-bond acceptors (Lipinski definition) is 6. The van der Waals surface area contributed by atoms with E-state index in [1.54, 1.807) is 0 Å². The molecule has 0 aliphatic carbocycles. The molecule has 0 radical (unpaired) electrons. The van der Waals surface area contributed by atoms with Gasteiger partial charge in [0.1, 0.15) is 6.10 Å². The van der Waals surface area contributed by atoms with E-state index < -0.39 is 27.2 Å². The number of aliphatic hydroxyl groups excluding tert-OH is 2. The molecule has 0 aliphatic rings. The van der Waals surface area contributed by atoms with Crippen LogP contribution in [0.25, 0.3) is 0 Å². The molecule has 1 unspecified atom stereocenters. The van der Waals surface area contributed by atoms with Crippen LogP contribution in [-0.4, -0.2) is 29.2 Å². The third-order valence-corrected chi connectivity index (χ3v) is 1.64. The van der Waals surface area contributed by atoms with Crippen molar-refractivity contribution in [1.82, 2.24) is 0 Å². The molecule has 0 fully saturated rings. The minimum absolute atomic E-state index is 0.0939. The summed E-state index contributed by atoms with van der Waals surface area (Å²) >= 11 is -3.47. The molecule has 0 amide bonds. The summed E-state index contributed by atoms with van der Waals surface area (Å²) < 4.78 is 23.6. The summed E-state index contributed by atoms with van der Waals surface area (Å²) in [4.78, 5) is 0. The van der Waals surface area contributed by atoms with Gasteiger partial charge in [0.2, 0.25) is 0 Å². The van der Waals surface area contributed by atoms with Crippen LogP contribution in [0, 0.1) is 14.8 Å². The van der Waals surface area contributed by atoms with Gasteiger partial charge in [-0.15, -0.1) is 0 Å². The Labute approximate surface area is 69.0 Å². The topological polar surface area (TPSA) is 122 Å². The highest BCUT2D eigenvalue weighted by atomic mass is 80.0. The molecule has 0 bridgehead atoms. The summed E-state index contributed by atoms with van der Waals surface area (Å²) in [7, 11) is 0. The van der Waals surface area contributed by atoms with Crippen molar-refractivity contribution < 1.29 is 37.3 Å². The summed E-state index contributed by atoms with van der Waals surface area (Å²) in [6, 6.07) is 0. The fourth-order valence-electron chi connectivity index (χ4n) is 0.447. The smallest absolute Gasteiger partial charge is 0.387 e. The molecule has 0 spiro atoms. The van der Waals surface area contributed by atoms with Crippen molar-refractivity contribution in [3.63, 3.8) is 0 Å². The lowest BCUT2D eigenvalue weighted by Crippen LogP contribution is -2.42. The highest BCUT2D eigenvalue weighted by Gasteiger charge is 2.27. The molecule has 0 saturated carbocycles. The van der Waals surface area contributed by atoms with E-state index in [-0.39, 0.29) is 13.0 Å². The van der Waals surface area contributed by atoms with Crippen LogP contribution in [0.1, 0.15) is 6.42 Å². The van der Waals surface area contributed by atoms with Crippen molar-refractivity contribution in [3.8, 4) is 0 Å². The zero-order valence-corrected chi connectivity index (χ0v) is 7.23. The quantitative estimate of drug-likeness (QED) is 0.417. The molecule has 0 heterocycles. The number of rotatable bonds is 5. The molecule has 7 heteroatoms. The first kappa shape index (κ1) is 11.2. The van der Waals surface area contributed by atoms with Gasteiger partial charge in [0.15, 0.2) is 0 Å². The summed E-state index contributed by atoms with van der Waals surface area (Å²) in [6.07, 6.45) is -2.84. The predicted octanol–water partition coefficient (Wildman–Crippen LogP) is -3.88. The second-order valence-electron chi connectivity index (χ2n) is 1.81. The van der Waals surface area contributed by atoms with Gasteiger partial charge in [-0.05, 0) is 13.0 Å². The van der Waals surface area contributed by atoms with Crippen LogP contribution in [0.3, 0.4) is 0 Å². The van der Waals surface area contributed by atoms with E-state index in [9.17, 15) is 8.40 Å². The van der Waals surface area contributed by atoms with E-state index in [1.807, 2.05) is 0 Å². The van der Waals surface area contributed by atoms with Gasteiger partial charge in [0.25, 0.3) is 6.29 Å². The zero-order chi connectivity index (χ0) is 8.85. The Balaban J connectivity index is 3.54. The number of hydrogen-bond donors (Lipinski definition) is 3. The van der Waals surface area contributed by atoms with E-state index in [1.165, 1.54) is 0 Å². The Kier molecular flexibility index (Phi) is 5.96. The van der Waals surface area contributed by atoms with Crippen LogP contribution in [0.4, 0.5) is 0 Å². The van der Waals surface area contributed by atoms with Crippen LogP contribution in [0.2, 0.25) is 0 Å². The Morgan fingerprint density at radius 3 is 2.36 bits per heavy atom. The maximum absolute atomic E-state index is 9.87. The molecule has 0 aromatic heterocycles. The Morgan fingerprint density at radius 2 is 2.00 bits per heavy atom. The second kappa shape index (κ2) is 5.84. The minimum Gasteiger partial charge on any atom is -0.387 e. The van der Waals surface area contributed by atoms with E-state index in [4.69, 9.17) is 15.9 Å². The molecule has 11 heavy (non-hydrogen) atoms. The summed E-state index contributed by atoms with van der Waals surface area (Å²) in [5.41, 5.74) is 5.02. The molecular weight excluding hydrogens is 222 g/mol. The van der Waals surface area contributed by atoms with Gasteiger partial charge >= 0.3 is 14.8 Å². The standard InChI is InChI=1S/C4H10BrNO5/c6-2-1-3(7)4(8)11-5(9)10/h3-4,7-8H,1-2,6H2/t3-,4?/m0/s1. The van der Waals surface area contributed by atoms with Crippen LogP contribution < -0.4 is 14.1 Å². The van der Waals surface area contributed by atoms with Gasteiger partial charge in [0, 0.05) is 3.83 Å². The fourth-order valence-corrected chi connectivity index (χ4v) is 1.01. The van der Waals surface area contributed by atoms with Crippen LogP contribution in [0.15, 0.2) is 0 Å². The summed E-state index contributed by atoms with van der Waals surface area (Å²) in [6.45, 7) is 0.154. The van der Waals surface area contributed by atoms with Crippen LogP contribution in [-0.2, 0) is 3.83 Å².